The third-order valence-electron chi connectivity index (χ3n) is 22.5. The van der Waals surface area contributed by atoms with Crippen molar-refractivity contribution in [3.8, 4) is 0 Å². The number of nitrogens with zero attached hydrogens (tertiary/aromatic N) is 1. The summed E-state index contributed by atoms with van der Waals surface area (Å²) in [5, 5.41) is 94.3. The Bertz CT molecular complexity index is 2200. The number of aromatic amines is 1. The number of rotatable bonds is 10. The van der Waals surface area contributed by atoms with Crippen LogP contribution in [-0.4, -0.2) is 132 Å². The summed E-state index contributed by atoms with van der Waals surface area (Å²) in [6, 6.07) is -0.489. The molecular weight excluding hydrogens is 885 g/mol. The standard InChI is InChI=1S/C53H80N4O12/c1-46(25-58)18-20-51(45(66)67)21-19-48(3)29(30(51)22-46)8-9-33-49(48,4)15-11-32-47(2,26-59)42(69-43-40(64)38(62)31(60)24-68-43)39(63)36(50(32,33)5)28-10-16-52(17-12-35(54)61,34-23-55-27-56-34)41-37(28)53(44(65)57-41)13-6-7-14-53/h8,10,16,23,27-28,30-33,35-43,58-64H,6-7,9,11-15,17-22,24-26,54H2,1-5H3,(H,55,56)(H,57,65)(H,66,67)/t28-,30-,31+,32+,33-,35-,36+,37-,38-,39+,40+,41+,42+,43-,46-,47-,48+,49+,50-,51-,52-/m0/s1. The number of hydrogen-bond acceptors (Lipinski definition) is 13. The average Bonchev–Trinajstić information content (AvgIpc) is 4.10. The van der Waals surface area contributed by atoms with Crippen LogP contribution in [0.25, 0.3) is 0 Å². The van der Waals surface area contributed by atoms with Gasteiger partial charge in [0.1, 0.15) is 24.5 Å². The number of aromatic nitrogens is 2. The van der Waals surface area contributed by atoms with Gasteiger partial charge in [-0.25, -0.2) is 4.98 Å². The zero-order chi connectivity index (χ0) is 49.5. The number of carboxylic acid groups (broad SMARTS) is 1. The summed E-state index contributed by atoms with van der Waals surface area (Å²) >= 11 is 0. The average molecular weight is 965 g/mol. The molecule has 1 amide bonds. The summed E-state index contributed by atoms with van der Waals surface area (Å²) in [5.74, 6) is -2.86. The van der Waals surface area contributed by atoms with Gasteiger partial charge in [0, 0.05) is 35.9 Å². The fourth-order valence-electron chi connectivity index (χ4n) is 18.6. The van der Waals surface area contributed by atoms with Crippen molar-refractivity contribution in [2.24, 2.45) is 79.1 Å². The third-order valence-corrected chi connectivity index (χ3v) is 22.5. The van der Waals surface area contributed by atoms with Gasteiger partial charge in [0.25, 0.3) is 0 Å². The van der Waals surface area contributed by atoms with E-state index < -0.39 is 110 Å². The van der Waals surface area contributed by atoms with Crippen LogP contribution in [-0.2, 0) is 24.5 Å². The number of aliphatic hydroxyl groups is 7. The van der Waals surface area contributed by atoms with E-state index in [1.165, 1.54) is 5.57 Å². The molecule has 16 nitrogen and oxygen atoms in total. The Hall–Kier alpha value is -2.77. The molecule has 1 aromatic heterocycles. The highest BCUT2D eigenvalue weighted by molar-refractivity contribution is 5.87. The van der Waals surface area contributed by atoms with Gasteiger partial charge in [0.15, 0.2) is 6.29 Å². The number of fused-ring (bicyclic) bond motifs is 9. The molecule has 0 bridgehead atoms. The van der Waals surface area contributed by atoms with Crippen molar-refractivity contribution in [1.82, 2.24) is 15.3 Å². The fraction of sp³-hybridized carbons (Fsp3) is 0.830. The van der Waals surface area contributed by atoms with E-state index in [1.54, 1.807) is 12.5 Å². The quantitative estimate of drug-likeness (QED) is 0.0912. The molecule has 2 aliphatic heterocycles. The van der Waals surface area contributed by atoms with Crippen LogP contribution in [0.2, 0.25) is 0 Å². The predicted octanol–water partition coefficient (Wildman–Crippen LogP) is 3.42. The van der Waals surface area contributed by atoms with Gasteiger partial charge in [0.2, 0.25) is 5.91 Å². The number of carbonyl (C=O) groups excluding carboxylic acids is 1. The number of H-pyrrole nitrogens is 1. The van der Waals surface area contributed by atoms with E-state index in [0.717, 1.165) is 25.0 Å². The third kappa shape index (κ3) is 6.70. The van der Waals surface area contributed by atoms with Crippen LogP contribution in [0.4, 0.5) is 0 Å². The van der Waals surface area contributed by atoms with E-state index in [2.05, 4.69) is 61.2 Å². The molecule has 7 aliphatic carbocycles. The first-order valence-corrected chi connectivity index (χ1v) is 26.2. The molecule has 10 rings (SSSR count). The maximum Gasteiger partial charge on any atom is 0.310 e. The molecular formula is C53H80N4O12. The largest absolute Gasteiger partial charge is 0.481 e. The number of ether oxygens (including phenoxy) is 2. The van der Waals surface area contributed by atoms with Gasteiger partial charge >= 0.3 is 5.97 Å². The Balaban J connectivity index is 1.17. The second-order valence-corrected chi connectivity index (χ2v) is 25.2. The SMILES string of the molecule is C[C@]1(CO)CC[C@]2(C(=O)O)CC[C@]3(C)C(=CC[C@@H]4[C@@]5(C)[C@H]([C@@H]6C=C[C@](CC[C@@H](N)O)(c7cnc[nH]7)[C@@H]7NC(=O)C8(CCCC8)[C@@H]67)[C@@H](O)[C@@H](O[C@@H]6OC[C@@H](O)[C@H](O)[C@H]6O)[C@@](C)(CO)[C@H]5CC[C@]43C)[C@@H]2C1. The van der Waals surface area contributed by atoms with Gasteiger partial charge in [-0.1, -0.05) is 71.3 Å². The second-order valence-electron chi connectivity index (χ2n) is 25.2. The van der Waals surface area contributed by atoms with Crippen molar-refractivity contribution in [2.75, 3.05) is 19.8 Å². The molecule has 5 saturated carbocycles. The molecule has 21 atom stereocenters. The number of nitrogens with two attached hydrogens (primary N) is 1. The smallest absolute Gasteiger partial charge is 0.310 e. The van der Waals surface area contributed by atoms with Crippen LogP contribution >= 0.6 is 0 Å². The van der Waals surface area contributed by atoms with E-state index in [9.17, 15) is 45.6 Å². The molecule has 2 saturated heterocycles. The second kappa shape index (κ2) is 16.9. The van der Waals surface area contributed by atoms with Gasteiger partial charge < -0.3 is 66.4 Å². The molecule has 384 valence electrons. The molecule has 69 heavy (non-hydrogen) atoms. The van der Waals surface area contributed by atoms with Crippen molar-refractivity contribution >= 4 is 11.9 Å². The molecule has 7 fully saturated rings. The van der Waals surface area contributed by atoms with Crippen LogP contribution in [0.5, 0.6) is 0 Å². The number of aliphatic hydroxyl groups excluding tert-OH is 7. The highest BCUT2D eigenvalue weighted by Gasteiger charge is 2.76. The summed E-state index contributed by atoms with van der Waals surface area (Å²) in [7, 11) is 0. The minimum atomic E-state index is -1.64. The Labute approximate surface area is 405 Å². The summed E-state index contributed by atoms with van der Waals surface area (Å²) in [4.78, 5) is 36.4. The van der Waals surface area contributed by atoms with Gasteiger partial charge in [-0.2, -0.15) is 0 Å². The Morgan fingerprint density at radius 3 is 2.32 bits per heavy atom. The van der Waals surface area contributed by atoms with Gasteiger partial charge in [-0.3, -0.25) is 9.59 Å². The van der Waals surface area contributed by atoms with Crippen LogP contribution in [0.15, 0.2) is 36.3 Å². The Morgan fingerprint density at radius 1 is 0.942 bits per heavy atom. The number of hydrogen-bond donors (Lipinski definition) is 11. The van der Waals surface area contributed by atoms with Crippen molar-refractivity contribution < 1.29 is 59.9 Å². The van der Waals surface area contributed by atoms with Crippen LogP contribution in [0.1, 0.15) is 130 Å². The molecule has 9 aliphatic rings. The maximum absolute atomic E-state index is 15.0. The van der Waals surface area contributed by atoms with Crippen molar-refractivity contribution in [3.05, 3.63) is 42.0 Å². The fourth-order valence-corrected chi connectivity index (χ4v) is 18.6. The molecule has 0 radical (unpaired) electrons. The van der Waals surface area contributed by atoms with Crippen LogP contribution < -0.4 is 11.1 Å². The van der Waals surface area contributed by atoms with Crippen LogP contribution in [0, 0.1) is 73.4 Å². The highest BCUT2D eigenvalue weighted by atomic mass is 16.7. The van der Waals surface area contributed by atoms with Crippen molar-refractivity contribution in [1.29, 1.82) is 0 Å². The zero-order valence-corrected chi connectivity index (χ0v) is 41.2. The van der Waals surface area contributed by atoms with E-state index >= 15 is 4.79 Å². The zero-order valence-electron chi connectivity index (χ0n) is 41.2. The van der Waals surface area contributed by atoms with E-state index in [-0.39, 0.29) is 55.8 Å². The minimum Gasteiger partial charge on any atom is -0.481 e. The molecule has 0 aromatic carbocycles. The van der Waals surface area contributed by atoms with Gasteiger partial charge in [0.05, 0.1) is 48.0 Å². The predicted molar refractivity (Wildman–Crippen MR) is 251 cm³/mol. The number of carbonyl (C=O) groups is 2. The number of nitrogens with one attached hydrogen (secondary N) is 2. The summed E-state index contributed by atoms with van der Waals surface area (Å²) in [6.07, 6.45) is 9.15. The monoisotopic (exact) mass is 965 g/mol. The van der Waals surface area contributed by atoms with Crippen molar-refractivity contribution in [2.45, 2.75) is 179 Å². The lowest BCUT2D eigenvalue weighted by Crippen LogP contribution is -2.74. The summed E-state index contributed by atoms with van der Waals surface area (Å²) in [6.45, 7) is 10.4. The molecule has 16 heteroatoms. The first-order chi connectivity index (χ1) is 32.6. The first-order valence-electron chi connectivity index (χ1n) is 26.2. The lowest BCUT2D eigenvalue weighted by atomic mass is 9.31. The highest BCUT2D eigenvalue weighted by Crippen LogP contribution is 2.78. The lowest BCUT2D eigenvalue weighted by Gasteiger charge is -2.74. The maximum atomic E-state index is 15.0. The topological polar surface area (TPSA) is 281 Å². The van der Waals surface area contributed by atoms with Gasteiger partial charge in [-0.15, -0.1) is 0 Å². The van der Waals surface area contributed by atoms with Crippen LogP contribution in [0.3, 0.4) is 0 Å². The van der Waals surface area contributed by atoms with E-state index in [4.69, 9.17) is 15.2 Å². The minimum absolute atomic E-state index is 0.0156. The number of carboxylic acids is 1. The number of amides is 1. The van der Waals surface area contributed by atoms with E-state index in [0.29, 0.717) is 64.2 Å². The first kappa shape index (κ1) is 49.8. The Kier molecular flexibility index (Phi) is 12.2. The normalized spacial score (nSPS) is 51.3. The van der Waals surface area contributed by atoms with Crippen molar-refractivity contribution in [3.63, 3.8) is 0 Å². The lowest BCUT2D eigenvalue weighted by molar-refractivity contribution is -0.343. The molecule has 1 spiro atoms. The molecule has 0 unspecified atom stereocenters. The number of aliphatic carboxylic acids is 1. The summed E-state index contributed by atoms with van der Waals surface area (Å²) in [5.41, 5.74) is 2.31. The molecule has 1 aromatic rings. The molecule has 3 heterocycles. The van der Waals surface area contributed by atoms with E-state index in [1.807, 2.05) is 6.92 Å². The summed E-state index contributed by atoms with van der Waals surface area (Å²) < 4.78 is 12.7. The number of imidazole rings is 1. The van der Waals surface area contributed by atoms with Gasteiger partial charge in [-0.05, 0) is 128 Å². The molecule has 12 N–H and O–H groups in total. The number of allylic oxidation sites excluding steroid dienone is 3. The Morgan fingerprint density at radius 2 is 1.67 bits per heavy atom.